The van der Waals surface area contributed by atoms with Crippen LogP contribution in [0.15, 0.2) is 30.3 Å². The molecule has 2 unspecified atom stereocenters. The molecule has 0 spiro atoms. The third-order valence-electron chi connectivity index (χ3n) is 3.91. The zero-order valence-electron chi connectivity index (χ0n) is 12.5. The normalized spacial score (nSPS) is 23.0. The summed E-state index contributed by atoms with van der Waals surface area (Å²) in [5.74, 6) is -0.285. The highest BCUT2D eigenvalue weighted by Gasteiger charge is 2.31. The molecule has 1 aromatic rings. The topological polar surface area (TPSA) is 61.8 Å². The number of ether oxygens (including phenoxy) is 1. The van der Waals surface area contributed by atoms with E-state index in [1.54, 1.807) is 0 Å². The molecule has 1 saturated heterocycles. The largest absolute Gasteiger partial charge is 0.469 e. The molecule has 0 amide bonds. The van der Waals surface area contributed by atoms with Crippen molar-refractivity contribution in [3.8, 4) is 0 Å². The molecule has 2 rings (SSSR count). The second-order valence-electron chi connectivity index (χ2n) is 5.50. The van der Waals surface area contributed by atoms with E-state index in [4.69, 9.17) is 9.84 Å². The fraction of sp³-hybridized carbons (Fsp3) is 0.562. The van der Waals surface area contributed by atoms with Crippen LogP contribution in [-0.4, -0.2) is 55.4 Å². The van der Waals surface area contributed by atoms with Gasteiger partial charge in [-0.2, -0.15) is 0 Å². The molecule has 0 aliphatic carbocycles. The minimum absolute atomic E-state index is 0.110. The molecule has 1 fully saturated rings. The number of piperidine rings is 1. The lowest BCUT2D eigenvalue weighted by Crippen LogP contribution is -2.51. The van der Waals surface area contributed by atoms with Gasteiger partial charge >= 0.3 is 5.97 Å². The summed E-state index contributed by atoms with van der Waals surface area (Å²) in [5, 5.41) is 12.6. The number of rotatable bonds is 6. The number of carbonyl (C=O) groups excluding carboxylic acids is 1. The average Bonchev–Trinajstić information content (AvgIpc) is 2.53. The van der Waals surface area contributed by atoms with Crippen molar-refractivity contribution in [1.29, 1.82) is 0 Å². The van der Waals surface area contributed by atoms with Gasteiger partial charge in [0.2, 0.25) is 0 Å². The molecule has 0 aromatic heterocycles. The quantitative estimate of drug-likeness (QED) is 0.753. The minimum atomic E-state index is -0.163. The van der Waals surface area contributed by atoms with E-state index in [0.717, 1.165) is 19.5 Å². The van der Waals surface area contributed by atoms with Crippen LogP contribution in [0.1, 0.15) is 12.0 Å². The van der Waals surface area contributed by atoms with E-state index in [1.807, 2.05) is 18.2 Å². The Morgan fingerprint density at radius 3 is 2.81 bits per heavy atom. The van der Waals surface area contributed by atoms with Crippen molar-refractivity contribution in [2.75, 3.05) is 33.4 Å². The Morgan fingerprint density at radius 1 is 1.38 bits per heavy atom. The summed E-state index contributed by atoms with van der Waals surface area (Å²) in [6.07, 6.45) is 0.779. The third kappa shape index (κ3) is 4.81. The van der Waals surface area contributed by atoms with Crippen molar-refractivity contribution >= 4 is 5.97 Å². The Morgan fingerprint density at radius 2 is 2.14 bits per heavy atom. The third-order valence-corrected chi connectivity index (χ3v) is 3.91. The molecular weight excluding hydrogens is 268 g/mol. The van der Waals surface area contributed by atoms with Crippen LogP contribution in [-0.2, 0) is 16.1 Å². The first-order valence-corrected chi connectivity index (χ1v) is 7.41. The highest BCUT2D eigenvalue weighted by Crippen LogP contribution is 2.18. The van der Waals surface area contributed by atoms with Gasteiger partial charge in [0.25, 0.3) is 0 Å². The zero-order chi connectivity index (χ0) is 15.1. The minimum Gasteiger partial charge on any atom is -0.469 e. The lowest BCUT2D eigenvalue weighted by Gasteiger charge is -2.36. The van der Waals surface area contributed by atoms with Crippen LogP contribution in [0.25, 0.3) is 0 Å². The van der Waals surface area contributed by atoms with E-state index in [-0.39, 0.29) is 24.5 Å². The SMILES string of the molecule is COC(=O)C1CC(NCc2ccccc2)CN(CCO)C1. The maximum absolute atomic E-state index is 11.8. The Labute approximate surface area is 125 Å². The Bertz CT molecular complexity index is 438. The summed E-state index contributed by atoms with van der Waals surface area (Å²) in [7, 11) is 1.43. The molecule has 0 saturated carbocycles. The fourth-order valence-electron chi connectivity index (χ4n) is 2.86. The molecule has 1 aliphatic heterocycles. The van der Waals surface area contributed by atoms with Gasteiger partial charge in [0.15, 0.2) is 0 Å². The molecule has 116 valence electrons. The van der Waals surface area contributed by atoms with Crippen LogP contribution < -0.4 is 5.32 Å². The smallest absolute Gasteiger partial charge is 0.310 e. The van der Waals surface area contributed by atoms with Crippen molar-refractivity contribution in [2.24, 2.45) is 5.92 Å². The van der Waals surface area contributed by atoms with Crippen molar-refractivity contribution in [3.05, 3.63) is 35.9 Å². The number of nitrogens with zero attached hydrogens (tertiary/aromatic N) is 1. The number of likely N-dealkylation sites (tertiary alicyclic amines) is 1. The van der Waals surface area contributed by atoms with Crippen LogP contribution in [0.3, 0.4) is 0 Å². The zero-order valence-corrected chi connectivity index (χ0v) is 12.5. The fourth-order valence-corrected chi connectivity index (χ4v) is 2.86. The maximum Gasteiger partial charge on any atom is 0.310 e. The molecule has 1 heterocycles. The second kappa shape index (κ2) is 8.12. The number of esters is 1. The Kier molecular flexibility index (Phi) is 6.17. The van der Waals surface area contributed by atoms with E-state index in [1.165, 1.54) is 12.7 Å². The molecule has 21 heavy (non-hydrogen) atoms. The number of nitrogens with one attached hydrogen (secondary N) is 1. The number of methoxy groups -OCH3 is 1. The van der Waals surface area contributed by atoms with Gasteiger partial charge < -0.3 is 15.2 Å². The number of β-amino-alcohol motifs (C(OH)–C–C–N with tert-alkyl or cyclic N) is 1. The Balaban J connectivity index is 1.92. The first-order chi connectivity index (χ1) is 10.2. The number of aliphatic hydroxyl groups is 1. The standard InChI is InChI=1S/C16H24N2O3/c1-21-16(20)14-9-15(12-18(11-14)7-8-19)17-10-13-5-3-2-4-6-13/h2-6,14-15,17,19H,7-12H2,1H3. The predicted octanol–water partition coefficient (Wildman–Crippen LogP) is 0.632. The average molecular weight is 292 g/mol. The highest BCUT2D eigenvalue weighted by atomic mass is 16.5. The summed E-state index contributed by atoms with van der Waals surface area (Å²) in [4.78, 5) is 13.9. The monoisotopic (exact) mass is 292 g/mol. The number of carbonyl (C=O) groups is 1. The van der Waals surface area contributed by atoms with Crippen molar-refractivity contribution < 1.29 is 14.6 Å². The van der Waals surface area contributed by atoms with Gasteiger partial charge in [-0.1, -0.05) is 30.3 Å². The second-order valence-corrected chi connectivity index (χ2v) is 5.50. The van der Waals surface area contributed by atoms with Crippen molar-refractivity contribution in [3.63, 3.8) is 0 Å². The molecular formula is C16H24N2O3. The van der Waals surface area contributed by atoms with E-state index >= 15 is 0 Å². The lowest BCUT2D eigenvalue weighted by molar-refractivity contribution is -0.147. The number of hydrogen-bond donors (Lipinski definition) is 2. The molecule has 1 aromatic carbocycles. The molecule has 0 bridgehead atoms. The van der Waals surface area contributed by atoms with Crippen LogP contribution in [0.2, 0.25) is 0 Å². The van der Waals surface area contributed by atoms with Crippen LogP contribution in [0.4, 0.5) is 0 Å². The highest BCUT2D eigenvalue weighted by molar-refractivity contribution is 5.72. The number of benzene rings is 1. The Hall–Kier alpha value is -1.43. The van der Waals surface area contributed by atoms with Crippen LogP contribution >= 0.6 is 0 Å². The van der Waals surface area contributed by atoms with Gasteiger partial charge in [-0.3, -0.25) is 9.69 Å². The van der Waals surface area contributed by atoms with Crippen molar-refractivity contribution in [2.45, 2.75) is 19.0 Å². The van der Waals surface area contributed by atoms with E-state index in [2.05, 4.69) is 22.3 Å². The molecule has 2 atom stereocenters. The first kappa shape index (κ1) is 15.9. The van der Waals surface area contributed by atoms with Gasteiger partial charge in [-0.15, -0.1) is 0 Å². The summed E-state index contributed by atoms with van der Waals surface area (Å²) in [6.45, 7) is 3.00. The summed E-state index contributed by atoms with van der Waals surface area (Å²) in [6, 6.07) is 10.4. The molecule has 0 radical (unpaired) electrons. The van der Waals surface area contributed by atoms with Crippen LogP contribution in [0, 0.1) is 5.92 Å². The van der Waals surface area contributed by atoms with Gasteiger partial charge in [-0.05, 0) is 12.0 Å². The molecule has 1 aliphatic rings. The molecule has 2 N–H and O–H groups in total. The van der Waals surface area contributed by atoms with Gasteiger partial charge in [0.1, 0.15) is 0 Å². The summed E-state index contributed by atoms with van der Waals surface area (Å²) in [5.41, 5.74) is 1.23. The van der Waals surface area contributed by atoms with Crippen molar-refractivity contribution in [1.82, 2.24) is 10.2 Å². The van der Waals surface area contributed by atoms with E-state index < -0.39 is 0 Å². The predicted molar refractivity (Wildman–Crippen MR) is 80.7 cm³/mol. The van der Waals surface area contributed by atoms with E-state index in [9.17, 15) is 4.79 Å². The molecule has 5 heteroatoms. The summed E-state index contributed by atoms with van der Waals surface area (Å²) >= 11 is 0. The first-order valence-electron chi connectivity index (χ1n) is 7.41. The number of aliphatic hydroxyl groups excluding tert-OH is 1. The summed E-state index contributed by atoms with van der Waals surface area (Å²) < 4.78 is 4.87. The number of hydrogen-bond acceptors (Lipinski definition) is 5. The van der Waals surface area contributed by atoms with Gasteiger partial charge in [0.05, 0.1) is 19.6 Å². The van der Waals surface area contributed by atoms with Gasteiger partial charge in [0, 0.05) is 32.2 Å². The maximum atomic E-state index is 11.8. The lowest BCUT2D eigenvalue weighted by atomic mass is 9.94. The molecule has 5 nitrogen and oxygen atoms in total. The van der Waals surface area contributed by atoms with Gasteiger partial charge in [-0.25, -0.2) is 0 Å². The van der Waals surface area contributed by atoms with E-state index in [0.29, 0.717) is 13.1 Å². The van der Waals surface area contributed by atoms with Crippen LogP contribution in [0.5, 0.6) is 0 Å².